The van der Waals surface area contributed by atoms with Gasteiger partial charge >= 0.3 is 0 Å². The summed E-state index contributed by atoms with van der Waals surface area (Å²) in [6.45, 7) is 5.73. The zero-order chi connectivity index (χ0) is 28.4. The minimum absolute atomic E-state index is 0.168. The van der Waals surface area contributed by atoms with E-state index in [0.717, 1.165) is 35.1 Å². The van der Waals surface area contributed by atoms with Crippen LogP contribution in [-0.2, 0) is 0 Å². The molecular weight excluding hydrogens is 496 g/mol. The van der Waals surface area contributed by atoms with E-state index in [9.17, 15) is 10.2 Å². The molecular formula is C36H50O4. The Morgan fingerprint density at radius 3 is 1.10 bits per heavy atom. The highest BCUT2D eigenvalue weighted by Crippen LogP contribution is 2.35. The molecule has 0 aliphatic heterocycles. The molecule has 2 N–H and O–H groups in total. The van der Waals surface area contributed by atoms with Crippen LogP contribution in [0.5, 0.6) is 23.0 Å². The number of unbranched alkanes of at least 4 members (excludes halogenated alkanes) is 12. The Morgan fingerprint density at radius 2 is 0.750 bits per heavy atom. The Bertz CT molecular complexity index is 1020. The van der Waals surface area contributed by atoms with Gasteiger partial charge in [-0.15, -0.1) is 0 Å². The lowest BCUT2D eigenvalue weighted by molar-refractivity contribution is 0.289. The summed E-state index contributed by atoms with van der Waals surface area (Å²) in [7, 11) is 0. The quantitative estimate of drug-likeness (QED) is 0.138. The third-order valence-corrected chi connectivity index (χ3v) is 7.48. The van der Waals surface area contributed by atoms with Crippen LogP contribution in [0, 0.1) is 0 Å². The molecule has 40 heavy (non-hydrogen) atoms. The molecule has 0 saturated carbocycles. The third-order valence-electron chi connectivity index (χ3n) is 7.48. The molecule has 0 atom stereocenters. The average Bonchev–Trinajstić information content (AvgIpc) is 2.97. The van der Waals surface area contributed by atoms with Gasteiger partial charge in [0.15, 0.2) is 23.0 Å². The second-order valence-electron chi connectivity index (χ2n) is 10.9. The Labute approximate surface area is 242 Å². The highest BCUT2D eigenvalue weighted by Gasteiger charge is 2.09. The van der Waals surface area contributed by atoms with E-state index in [4.69, 9.17) is 9.47 Å². The van der Waals surface area contributed by atoms with Gasteiger partial charge in [0.25, 0.3) is 0 Å². The summed E-state index contributed by atoms with van der Waals surface area (Å²) >= 11 is 0. The Morgan fingerprint density at radius 1 is 0.425 bits per heavy atom. The van der Waals surface area contributed by atoms with Gasteiger partial charge < -0.3 is 19.7 Å². The summed E-state index contributed by atoms with van der Waals surface area (Å²) in [5, 5.41) is 21.0. The van der Waals surface area contributed by atoms with Gasteiger partial charge in [0.2, 0.25) is 0 Å². The highest BCUT2D eigenvalue weighted by atomic mass is 16.5. The van der Waals surface area contributed by atoms with Crippen molar-refractivity contribution in [2.45, 2.75) is 104 Å². The van der Waals surface area contributed by atoms with E-state index in [-0.39, 0.29) is 11.5 Å². The zero-order valence-corrected chi connectivity index (χ0v) is 24.8. The van der Waals surface area contributed by atoms with E-state index in [1.54, 1.807) is 12.1 Å². The van der Waals surface area contributed by atoms with E-state index < -0.39 is 0 Å². The first-order valence-corrected chi connectivity index (χ1v) is 15.6. The van der Waals surface area contributed by atoms with Crippen LogP contribution in [0.25, 0.3) is 22.3 Å². The van der Waals surface area contributed by atoms with E-state index >= 15 is 0 Å². The number of ether oxygens (including phenoxy) is 2. The molecule has 4 nitrogen and oxygen atoms in total. The highest BCUT2D eigenvalue weighted by molar-refractivity contribution is 5.73. The molecule has 0 aliphatic carbocycles. The first-order chi connectivity index (χ1) is 19.6. The van der Waals surface area contributed by atoms with E-state index in [2.05, 4.69) is 13.8 Å². The normalized spacial score (nSPS) is 11.1. The van der Waals surface area contributed by atoms with Gasteiger partial charge in [0.05, 0.1) is 13.2 Å². The second-order valence-corrected chi connectivity index (χ2v) is 10.9. The van der Waals surface area contributed by atoms with Gasteiger partial charge in [-0.3, -0.25) is 0 Å². The molecule has 3 aromatic carbocycles. The molecule has 0 heterocycles. The SMILES string of the molecule is CCCCCCCCCOc1ccc(-c2ccc(-c3ccc(OCCCCCCCCC)c(O)c3)cc2)cc1O. The number of hydrogen-bond acceptors (Lipinski definition) is 4. The van der Waals surface area contributed by atoms with Gasteiger partial charge in [0, 0.05) is 0 Å². The fourth-order valence-electron chi connectivity index (χ4n) is 4.98. The van der Waals surface area contributed by atoms with Gasteiger partial charge in [-0.2, -0.15) is 0 Å². The molecule has 3 aromatic rings. The lowest BCUT2D eigenvalue weighted by atomic mass is 10.00. The van der Waals surface area contributed by atoms with E-state index in [1.807, 2.05) is 48.5 Å². The molecule has 218 valence electrons. The van der Waals surface area contributed by atoms with Crippen molar-refractivity contribution < 1.29 is 19.7 Å². The number of phenolic OH excluding ortho intramolecular Hbond substituents is 2. The van der Waals surface area contributed by atoms with Crippen molar-refractivity contribution in [2.75, 3.05) is 13.2 Å². The summed E-state index contributed by atoms with van der Waals surface area (Å²) in [6, 6.07) is 19.3. The van der Waals surface area contributed by atoms with Crippen molar-refractivity contribution in [2.24, 2.45) is 0 Å². The average molecular weight is 547 g/mol. The zero-order valence-electron chi connectivity index (χ0n) is 24.8. The maximum absolute atomic E-state index is 10.5. The Hall–Kier alpha value is -3.14. The predicted octanol–water partition coefficient (Wildman–Crippen LogP) is 10.7. The molecule has 0 fully saturated rings. The molecule has 0 aliphatic rings. The number of aromatic hydroxyl groups is 2. The van der Waals surface area contributed by atoms with Crippen molar-refractivity contribution in [3.63, 3.8) is 0 Å². The van der Waals surface area contributed by atoms with E-state index in [1.165, 1.54) is 77.0 Å². The van der Waals surface area contributed by atoms with Crippen molar-refractivity contribution in [3.05, 3.63) is 60.7 Å². The van der Waals surface area contributed by atoms with Crippen molar-refractivity contribution in [1.29, 1.82) is 0 Å². The number of phenols is 2. The van der Waals surface area contributed by atoms with Crippen LogP contribution >= 0.6 is 0 Å². The molecule has 0 amide bonds. The first kappa shape index (κ1) is 31.4. The minimum Gasteiger partial charge on any atom is -0.504 e. The van der Waals surface area contributed by atoms with Crippen molar-refractivity contribution >= 4 is 0 Å². The van der Waals surface area contributed by atoms with Gasteiger partial charge in [0.1, 0.15) is 0 Å². The maximum atomic E-state index is 10.5. The van der Waals surface area contributed by atoms with Crippen LogP contribution in [0.1, 0.15) is 104 Å². The molecule has 0 bridgehead atoms. The lowest BCUT2D eigenvalue weighted by Crippen LogP contribution is -1.98. The van der Waals surface area contributed by atoms with Crippen LogP contribution in [0.2, 0.25) is 0 Å². The van der Waals surface area contributed by atoms with Gasteiger partial charge in [-0.1, -0.05) is 127 Å². The molecule has 0 radical (unpaired) electrons. The number of rotatable bonds is 20. The molecule has 0 spiro atoms. The summed E-state index contributed by atoms with van der Waals surface area (Å²) < 4.78 is 11.6. The fraction of sp³-hybridized carbons (Fsp3) is 0.500. The number of hydrogen-bond donors (Lipinski definition) is 2. The molecule has 0 aromatic heterocycles. The predicted molar refractivity (Wildman–Crippen MR) is 168 cm³/mol. The third kappa shape index (κ3) is 10.8. The first-order valence-electron chi connectivity index (χ1n) is 15.6. The molecule has 4 heteroatoms. The van der Waals surface area contributed by atoms with Crippen molar-refractivity contribution in [1.82, 2.24) is 0 Å². The van der Waals surface area contributed by atoms with Gasteiger partial charge in [-0.25, -0.2) is 0 Å². The summed E-state index contributed by atoms with van der Waals surface area (Å²) in [4.78, 5) is 0. The van der Waals surface area contributed by atoms with Gasteiger partial charge in [-0.05, 0) is 59.4 Å². The summed E-state index contributed by atoms with van der Waals surface area (Å²) in [6.07, 6.45) is 17.3. The van der Waals surface area contributed by atoms with E-state index in [0.29, 0.717) is 24.7 Å². The smallest absolute Gasteiger partial charge is 0.160 e. The summed E-state index contributed by atoms with van der Waals surface area (Å²) in [5.41, 5.74) is 3.89. The topological polar surface area (TPSA) is 58.9 Å². The van der Waals surface area contributed by atoms with Crippen LogP contribution in [0.15, 0.2) is 60.7 Å². The standard InChI is InChI=1S/C36H50O4/c1-3-5-7-9-11-13-15-25-39-35-23-21-31(27-33(35)37)29-17-19-30(20-18-29)32-22-24-36(34(38)28-32)40-26-16-14-12-10-8-6-4-2/h17-24,27-28,37-38H,3-16,25-26H2,1-2H3. The van der Waals surface area contributed by atoms with Crippen LogP contribution in [0.3, 0.4) is 0 Å². The van der Waals surface area contributed by atoms with Crippen LogP contribution < -0.4 is 9.47 Å². The molecule has 0 unspecified atom stereocenters. The minimum atomic E-state index is 0.168. The number of benzene rings is 3. The monoisotopic (exact) mass is 546 g/mol. The largest absolute Gasteiger partial charge is 0.504 e. The molecule has 0 saturated heterocycles. The Kier molecular flexibility index (Phi) is 14.3. The second kappa shape index (κ2) is 18.3. The maximum Gasteiger partial charge on any atom is 0.160 e. The fourth-order valence-corrected chi connectivity index (χ4v) is 4.98. The Balaban J connectivity index is 1.46. The lowest BCUT2D eigenvalue weighted by Gasteiger charge is -2.11. The van der Waals surface area contributed by atoms with Crippen LogP contribution in [-0.4, -0.2) is 23.4 Å². The van der Waals surface area contributed by atoms with Crippen molar-refractivity contribution in [3.8, 4) is 45.3 Å². The van der Waals surface area contributed by atoms with Crippen LogP contribution in [0.4, 0.5) is 0 Å². The summed E-state index contributed by atoms with van der Waals surface area (Å²) in [5.74, 6) is 1.41. The molecule has 3 rings (SSSR count).